The standard InChI is InChI=1S/C41H26N2S/c1-3-11-28(12-4-1)34-25-30(26-35(42-34)29-13-5-2-6-14-29)27-19-21-31(22-20-27)43-36-17-9-7-15-32(36)40-37(43)23-24-39-41(40)33-16-8-10-18-38(33)44-39/h1-26H. The predicted molar refractivity (Wildman–Crippen MR) is 188 cm³/mol. The topological polar surface area (TPSA) is 17.8 Å². The molecule has 0 bridgehead atoms. The van der Waals surface area contributed by atoms with E-state index in [0.717, 1.165) is 39.3 Å². The molecule has 0 aliphatic heterocycles. The Hall–Kier alpha value is -5.51. The highest BCUT2D eigenvalue weighted by Crippen LogP contribution is 2.43. The van der Waals surface area contributed by atoms with Crippen molar-refractivity contribution in [3.05, 3.63) is 158 Å². The van der Waals surface area contributed by atoms with Gasteiger partial charge in [0, 0.05) is 47.8 Å². The van der Waals surface area contributed by atoms with Gasteiger partial charge in [-0.05, 0) is 59.7 Å². The Bertz CT molecular complexity index is 2410. The van der Waals surface area contributed by atoms with Crippen LogP contribution in [-0.4, -0.2) is 9.55 Å². The molecule has 9 aromatic rings. The number of pyridine rings is 1. The van der Waals surface area contributed by atoms with E-state index in [9.17, 15) is 0 Å². The highest BCUT2D eigenvalue weighted by molar-refractivity contribution is 7.26. The number of aromatic nitrogens is 2. The SMILES string of the molecule is c1ccc(-c2cc(-c3ccc(-n4c5ccccc5c5c6c(ccc54)sc4ccccc46)cc3)cc(-c3ccccc3)n2)cc1. The van der Waals surface area contributed by atoms with Crippen LogP contribution in [0.4, 0.5) is 0 Å². The second-order valence-electron chi connectivity index (χ2n) is 11.2. The van der Waals surface area contributed by atoms with Gasteiger partial charge in [-0.25, -0.2) is 4.98 Å². The first-order chi connectivity index (χ1) is 21.8. The molecule has 0 spiro atoms. The zero-order chi connectivity index (χ0) is 29.0. The number of para-hydroxylation sites is 1. The number of fused-ring (bicyclic) bond motifs is 7. The summed E-state index contributed by atoms with van der Waals surface area (Å²) in [5.41, 5.74) is 10.1. The zero-order valence-electron chi connectivity index (χ0n) is 23.8. The van der Waals surface area contributed by atoms with Gasteiger partial charge in [0.25, 0.3) is 0 Å². The first-order valence-electron chi connectivity index (χ1n) is 14.9. The van der Waals surface area contributed by atoms with Crippen molar-refractivity contribution in [2.45, 2.75) is 0 Å². The van der Waals surface area contributed by atoms with Gasteiger partial charge in [0.15, 0.2) is 0 Å². The van der Waals surface area contributed by atoms with Crippen LogP contribution in [0.3, 0.4) is 0 Å². The largest absolute Gasteiger partial charge is 0.309 e. The van der Waals surface area contributed by atoms with Crippen molar-refractivity contribution in [1.82, 2.24) is 9.55 Å². The lowest BCUT2D eigenvalue weighted by Crippen LogP contribution is -1.94. The van der Waals surface area contributed by atoms with Crippen molar-refractivity contribution in [3.63, 3.8) is 0 Å². The smallest absolute Gasteiger partial charge is 0.0715 e. The molecule has 206 valence electrons. The lowest BCUT2D eigenvalue weighted by Gasteiger charge is -2.12. The van der Waals surface area contributed by atoms with Crippen LogP contribution >= 0.6 is 11.3 Å². The Kier molecular flexibility index (Phi) is 5.71. The second kappa shape index (κ2) is 10.0. The summed E-state index contributed by atoms with van der Waals surface area (Å²) in [6.45, 7) is 0. The Morgan fingerprint density at radius 1 is 0.409 bits per heavy atom. The molecule has 0 radical (unpaired) electrons. The molecule has 6 aromatic carbocycles. The summed E-state index contributed by atoms with van der Waals surface area (Å²) in [5, 5.41) is 5.30. The summed E-state index contributed by atoms with van der Waals surface area (Å²) in [5.74, 6) is 0. The van der Waals surface area contributed by atoms with E-state index in [0.29, 0.717) is 0 Å². The second-order valence-corrected chi connectivity index (χ2v) is 12.3. The average molecular weight is 579 g/mol. The molecule has 0 aliphatic rings. The summed E-state index contributed by atoms with van der Waals surface area (Å²) in [6, 6.07) is 56.4. The molecule has 0 saturated heterocycles. The van der Waals surface area contributed by atoms with E-state index in [1.807, 2.05) is 23.5 Å². The fraction of sp³-hybridized carbons (Fsp3) is 0. The van der Waals surface area contributed by atoms with Gasteiger partial charge in [-0.3, -0.25) is 0 Å². The number of hydrogen-bond acceptors (Lipinski definition) is 2. The molecular formula is C41H26N2S. The molecular weight excluding hydrogens is 553 g/mol. The van der Waals surface area contributed by atoms with Crippen LogP contribution in [0.2, 0.25) is 0 Å². The van der Waals surface area contributed by atoms with E-state index in [-0.39, 0.29) is 0 Å². The maximum absolute atomic E-state index is 5.06. The van der Waals surface area contributed by atoms with Crippen LogP contribution in [0.15, 0.2) is 158 Å². The molecule has 2 nitrogen and oxygen atoms in total. The fourth-order valence-electron chi connectivity index (χ4n) is 6.57. The van der Waals surface area contributed by atoms with Crippen LogP contribution in [0, 0.1) is 0 Å². The van der Waals surface area contributed by atoms with Crippen molar-refractivity contribution in [3.8, 4) is 39.3 Å². The molecule has 0 aliphatic carbocycles. The van der Waals surface area contributed by atoms with Gasteiger partial charge >= 0.3 is 0 Å². The molecule has 0 N–H and O–H groups in total. The van der Waals surface area contributed by atoms with Gasteiger partial charge in [-0.1, -0.05) is 109 Å². The quantitative estimate of drug-likeness (QED) is 0.203. The molecule has 0 saturated carbocycles. The Morgan fingerprint density at radius 2 is 1.02 bits per heavy atom. The molecule has 0 unspecified atom stereocenters. The Balaban J connectivity index is 1.22. The van der Waals surface area contributed by atoms with Crippen molar-refractivity contribution >= 4 is 53.3 Å². The van der Waals surface area contributed by atoms with E-state index in [2.05, 4.69) is 150 Å². The van der Waals surface area contributed by atoms with Gasteiger partial charge in [0.2, 0.25) is 0 Å². The molecule has 3 heterocycles. The number of benzene rings is 6. The molecule has 0 fully saturated rings. The first kappa shape index (κ1) is 25.0. The average Bonchev–Trinajstić information content (AvgIpc) is 3.64. The molecule has 44 heavy (non-hydrogen) atoms. The Labute approximate surface area is 259 Å². The minimum Gasteiger partial charge on any atom is -0.309 e. The summed E-state index contributed by atoms with van der Waals surface area (Å²) in [6.07, 6.45) is 0. The fourth-order valence-corrected chi connectivity index (χ4v) is 7.68. The Morgan fingerprint density at radius 3 is 1.73 bits per heavy atom. The van der Waals surface area contributed by atoms with E-state index in [4.69, 9.17) is 4.98 Å². The van der Waals surface area contributed by atoms with Gasteiger partial charge in [-0.2, -0.15) is 0 Å². The van der Waals surface area contributed by atoms with Gasteiger partial charge in [0.05, 0.1) is 22.4 Å². The van der Waals surface area contributed by atoms with Crippen LogP contribution in [0.5, 0.6) is 0 Å². The van der Waals surface area contributed by atoms with Crippen molar-refractivity contribution in [2.24, 2.45) is 0 Å². The maximum Gasteiger partial charge on any atom is 0.0715 e. The predicted octanol–water partition coefficient (Wildman–Crippen LogP) is 11.5. The molecule has 0 amide bonds. The lowest BCUT2D eigenvalue weighted by molar-refractivity contribution is 1.18. The summed E-state index contributed by atoms with van der Waals surface area (Å²) in [7, 11) is 0. The van der Waals surface area contributed by atoms with Crippen LogP contribution in [0.25, 0.3) is 81.3 Å². The first-order valence-corrected chi connectivity index (χ1v) is 15.7. The van der Waals surface area contributed by atoms with Crippen molar-refractivity contribution in [1.29, 1.82) is 0 Å². The summed E-state index contributed by atoms with van der Waals surface area (Å²) >= 11 is 1.87. The highest BCUT2D eigenvalue weighted by Gasteiger charge is 2.17. The third-order valence-corrected chi connectivity index (χ3v) is 9.74. The molecule has 0 atom stereocenters. The monoisotopic (exact) mass is 578 g/mol. The summed E-state index contributed by atoms with van der Waals surface area (Å²) in [4.78, 5) is 5.06. The van der Waals surface area contributed by atoms with Crippen molar-refractivity contribution in [2.75, 3.05) is 0 Å². The molecule has 3 aromatic heterocycles. The number of hydrogen-bond donors (Lipinski definition) is 0. The summed E-state index contributed by atoms with van der Waals surface area (Å²) < 4.78 is 5.08. The van der Waals surface area contributed by atoms with Crippen molar-refractivity contribution < 1.29 is 0 Å². The minimum atomic E-state index is 0.973. The maximum atomic E-state index is 5.06. The molecule has 3 heteroatoms. The number of thiophene rings is 1. The normalized spacial score (nSPS) is 11.6. The lowest BCUT2D eigenvalue weighted by atomic mass is 10.00. The van der Waals surface area contributed by atoms with E-state index in [1.165, 1.54) is 42.0 Å². The molecule has 9 rings (SSSR count). The van der Waals surface area contributed by atoms with E-state index < -0.39 is 0 Å². The minimum absolute atomic E-state index is 0.973. The van der Waals surface area contributed by atoms with Crippen LogP contribution in [-0.2, 0) is 0 Å². The van der Waals surface area contributed by atoms with Gasteiger partial charge < -0.3 is 4.57 Å². The van der Waals surface area contributed by atoms with Gasteiger partial charge in [-0.15, -0.1) is 11.3 Å². The number of rotatable bonds is 4. The van der Waals surface area contributed by atoms with Crippen LogP contribution in [0.1, 0.15) is 0 Å². The van der Waals surface area contributed by atoms with Crippen LogP contribution < -0.4 is 0 Å². The van der Waals surface area contributed by atoms with E-state index in [1.54, 1.807) is 0 Å². The third kappa shape index (κ3) is 3.98. The highest BCUT2D eigenvalue weighted by atomic mass is 32.1. The zero-order valence-corrected chi connectivity index (χ0v) is 24.6. The van der Waals surface area contributed by atoms with E-state index >= 15 is 0 Å². The number of nitrogens with zero attached hydrogens (tertiary/aromatic N) is 2. The van der Waals surface area contributed by atoms with Gasteiger partial charge in [0.1, 0.15) is 0 Å². The third-order valence-electron chi connectivity index (χ3n) is 8.60.